The lowest BCUT2D eigenvalue weighted by Gasteiger charge is -2.13. The van der Waals surface area contributed by atoms with Crippen LogP contribution in [-0.4, -0.2) is 52.3 Å². The summed E-state index contributed by atoms with van der Waals surface area (Å²) in [6.45, 7) is 0.944. The van der Waals surface area contributed by atoms with Gasteiger partial charge in [-0.05, 0) is 37.9 Å². The number of rotatable bonds is 7. The predicted molar refractivity (Wildman–Crippen MR) is 116 cm³/mol. The molecule has 0 aliphatic rings. The van der Waals surface area contributed by atoms with E-state index in [9.17, 15) is 14.4 Å². The SMILES string of the molecule is CN(C)CCNC(=O)c1nn(-c2cccc(Cl)c2)c(=O)n(Cc2ccccc2)c1=O. The summed E-state index contributed by atoms with van der Waals surface area (Å²) in [5.74, 6) is -0.639. The van der Waals surface area contributed by atoms with Gasteiger partial charge in [-0.2, -0.15) is 9.78 Å². The van der Waals surface area contributed by atoms with Crippen LogP contribution in [0.2, 0.25) is 5.02 Å². The highest BCUT2D eigenvalue weighted by Gasteiger charge is 2.20. The number of amides is 1. The van der Waals surface area contributed by atoms with Crippen molar-refractivity contribution in [1.29, 1.82) is 0 Å². The molecule has 1 N–H and O–H groups in total. The average Bonchev–Trinajstić information content (AvgIpc) is 2.71. The quantitative estimate of drug-likeness (QED) is 0.615. The number of aromatic nitrogens is 3. The lowest BCUT2D eigenvalue weighted by Crippen LogP contribution is -2.46. The first-order chi connectivity index (χ1) is 14.4. The zero-order valence-electron chi connectivity index (χ0n) is 16.7. The summed E-state index contributed by atoms with van der Waals surface area (Å²) in [5.41, 5.74) is -0.652. The van der Waals surface area contributed by atoms with E-state index < -0.39 is 17.2 Å². The number of hydrogen-bond acceptors (Lipinski definition) is 5. The van der Waals surface area contributed by atoms with Crippen LogP contribution < -0.4 is 16.6 Å². The van der Waals surface area contributed by atoms with Gasteiger partial charge in [0.15, 0.2) is 0 Å². The van der Waals surface area contributed by atoms with E-state index in [0.717, 1.165) is 14.8 Å². The molecule has 0 unspecified atom stereocenters. The molecule has 9 heteroatoms. The topological polar surface area (TPSA) is 89.2 Å². The lowest BCUT2D eigenvalue weighted by molar-refractivity contribution is 0.0941. The van der Waals surface area contributed by atoms with Gasteiger partial charge in [0, 0.05) is 18.1 Å². The van der Waals surface area contributed by atoms with Gasteiger partial charge in [-0.3, -0.25) is 14.2 Å². The van der Waals surface area contributed by atoms with Crippen molar-refractivity contribution in [3.63, 3.8) is 0 Å². The molecule has 156 valence electrons. The van der Waals surface area contributed by atoms with Crippen molar-refractivity contribution >= 4 is 17.5 Å². The molecule has 30 heavy (non-hydrogen) atoms. The standard InChI is InChI=1S/C21H22ClN5O3/c1-25(2)12-11-23-19(28)18-20(29)26(14-15-7-4-3-5-8-15)21(30)27(24-18)17-10-6-9-16(22)13-17/h3-10,13H,11-12,14H2,1-2H3,(H,23,28). The molecule has 1 aromatic heterocycles. The molecule has 0 saturated carbocycles. The number of halogens is 1. The number of likely N-dealkylation sites (N-methyl/N-ethyl adjacent to an activating group) is 1. The van der Waals surface area contributed by atoms with Crippen molar-refractivity contribution < 1.29 is 4.79 Å². The molecule has 1 amide bonds. The molecule has 3 aromatic rings. The van der Waals surface area contributed by atoms with Crippen molar-refractivity contribution in [1.82, 2.24) is 24.6 Å². The fourth-order valence-corrected chi connectivity index (χ4v) is 3.00. The molecule has 0 spiro atoms. The van der Waals surface area contributed by atoms with E-state index in [-0.39, 0.29) is 12.2 Å². The smallest absolute Gasteiger partial charge is 0.349 e. The minimum atomic E-state index is -0.746. The van der Waals surface area contributed by atoms with Crippen LogP contribution in [0, 0.1) is 0 Å². The summed E-state index contributed by atoms with van der Waals surface area (Å²) in [6, 6.07) is 15.6. The largest absolute Gasteiger partial charge is 0.352 e. The molecule has 8 nitrogen and oxygen atoms in total. The van der Waals surface area contributed by atoms with Crippen LogP contribution in [-0.2, 0) is 6.54 Å². The molecular weight excluding hydrogens is 406 g/mol. The number of nitrogens with one attached hydrogen (secondary N) is 1. The summed E-state index contributed by atoms with van der Waals surface area (Å²) in [4.78, 5) is 40.6. The summed E-state index contributed by atoms with van der Waals surface area (Å²) in [6.07, 6.45) is 0. The van der Waals surface area contributed by atoms with Crippen molar-refractivity contribution in [3.8, 4) is 5.69 Å². The fourth-order valence-electron chi connectivity index (χ4n) is 2.82. The normalized spacial score (nSPS) is 10.9. The molecule has 0 saturated heterocycles. The predicted octanol–water partition coefficient (Wildman–Crippen LogP) is 1.39. The van der Waals surface area contributed by atoms with Crippen LogP contribution >= 0.6 is 11.6 Å². The molecule has 0 aliphatic carbocycles. The summed E-state index contributed by atoms with van der Waals surface area (Å²) in [7, 11) is 3.74. The molecule has 0 fully saturated rings. The van der Waals surface area contributed by atoms with E-state index in [0.29, 0.717) is 23.8 Å². The Hall–Kier alpha value is -3.23. The van der Waals surface area contributed by atoms with Crippen molar-refractivity contribution in [2.75, 3.05) is 27.2 Å². The van der Waals surface area contributed by atoms with Crippen LogP contribution in [0.5, 0.6) is 0 Å². The first-order valence-electron chi connectivity index (χ1n) is 9.34. The highest BCUT2D eigenvalue weighted by molar-refractivity contribution is 6.30. The maximum absolute atomic E-state index is 13.1. The van der Waals surface area contributed by atoms with E-state index in [1.807, 2.05) is 37.2 Å². The fraction of sp³-hybridized carbons (Fsp3) is 0.238. The highest BCUT2D eigenvalue weighted by atomic mass is 35.5. The third-order valence-corrected chi connectivity index (χ3v) is 4.59. The van der Waals surface area contributed by atoms with Gasteiger partial charge >= 0.3 is 5.69 Å². The van der Waals surface area contributed by atoms with E-state index in [1.165, 1.54) is 0 Å². The van der Waals surface area contributed by atoms with Gasteiger partial charge in [0.1, 0.15) is 0 Å². The number of carbonyl (C=O) groups excluding carboxylic acids is 1. The second kappa shape index (κ2) is 9.51. The zero-order chi connectivity index (χ0) is 21.7. The second-order valence-electron chi connectivity index (χ2n) is 6.96. The summed E-state index contributed by atoms with van der Waals surface area (Å²) < 4.78 is 2.03. The van der Waals surface area contributed by atoms with Crippen molar-refractivity contribution in [2.45, 2.75) is 6.54 Å². The average molecular weight is 428 g/mol. The van der Waals surface area contributed by atoms with Gasteiger partial charge in [0.2, 0.25) is 5.69 Å². The van der Waals surface area contributed by atoms with Crippen molar-refractivity contribution in [3.05, 3.63) is 91.7 Å². The van der Waals surface area contributed by atoms with E-state index in [2.05, 4.69) is 10.4 Å². The third-order valence-electron chi connectivity index (χ3n) is 4.36. The van der Waals surface area contributed by atoms with Gasteiger partial charge in [-0.25, -0.2) is 4.79 Å². The minimum Gasteiger partial charge on any atom is -0.349 e. The van der Waals surface area contributed by atoms with Gasteiger partial charge in [0.25, 0.3) is 11.5 Å². The number of hydrogen-bond donors (Lipinski definition) is 1. The lowest BCUT2D eigenvalue weighted by atomic mass is 10.2. The summed E-state index contributed by atoms with van der Waals surface area (Å²) >= 11 is 6.05. The Morgan fingerprint density at radius 2 is 1.83 bits per heavy atom. The first-order valence-corrected chi connectivity index (χ1v) is 9.71. The Bertz CT molecular complexity index is 1160. The Labute approximate surface area is 178 Å². The van der Waals surface area contributed by atoms with Gasteiger partial charge in [-0.15, -0.1) is 0 Å². The van der Waals surface area contributed by atoms with Crippen LogP contribution in [0.1, 0.15) is 16.1 Å². The molecule has 0 bridgehead atoms. The monoisotopic (exact) mass is 427 g/mol. The molecule has 2 aromatic carbocycles. The van der Waals surface area contributed by atoms with Crippen LogP contribution in [0.25, 0.3) is 5.69 Å². The van der Waals surface area contributed by atoms with Crippen LogP contribution in [0.4, 0.5) is 0 Å². The zero-order valence-corrected chi connectivity index (χ0v) is 17.5. The van der Waals surface area contributed by atoms with E-state index >= 15 is 0 Å². The van der Waals surface area contributed by atoms with Crippen molar-refractivity contribution in [2.24, 2.45) is 0 Å². The maximum Gasteiger partial charge on any atom is 0.352 e. The Morgan fingerprint density at radius 3 is 2.50 bits per heavy atom. The molecule has 1 heterocycles. The summed E-state index contributed by atoms with van der Waals surface area (Å²) in [5, 5.41) is 7.15. The number of carbonyl (C=O) groups is 1. The van der Waals surface area contributed by atoms with Crippen LogP contribution in [0.3, 0.4) is 0 Å². The van der Waals surface area contributed by atoms with Gasteiger partial charge < -0.3 is 10.2 Å². The Kier molecular flexibility index (Phi) is 6.81. The first kappa shape index (κ1) is 21.5. The minimum absolute atomic E-state index is 0.0135. The molecule has 0 atom stereocenters. The third kappa shape index (κ3) is 5.03. The second-order valence-corrected chi connectivity index (χ2v) is 7.40. The maximum atomic E-state index is 13.1. The van der Waals surface area contributed by atoms with Gasteiger partial charge in [0.05, 0.1) is 12.2 Å². The Balaban J connectivity index is 2.10. The van der Waals surface area contributed by atoms with Crippen LogP contribution in [0.15, 0.2) is 64.2 Å². The molecular formula is C21H22ClN5O3. The van der Waals surface area contributed by atoms with E-state index in [1.54, 1.807) is 36.4 Å². The highest BCUT2D eigenvalue weighted by Crippen LogP contribution is 2.12. The number of benzene rings is 2. The van der Waals surface area contributed by atoms with E-state index in [4.69, 9.17) is 11.6 Å². The molecule has 0 aliphatic heterocycles. The molecule has 0 radical (unpaired) electrons. The molecule has 3 rings (SSSR count). The number of nitrogens with zero attached hydrogens (tertiary/aromatic N) is 4. The Morgan fingerprint density at radius 1 is 1.10 bits per heavy atom. The van der Waals surface area contributed by atoms with Gasteiger partial charge in [-0.1, -0.05) is 48.0 Å².